The summed E-state index contributed by atoms with van der Waals surface area (Å²) >= 11 is 0. The molecule has 3 unspecified atom stereocenters. The molecule has 7 nitrogen and oxygen atoms in total. The molecule has 3 aliphatic rings. The Labute approximate surface area is 192 Å². The van der Waals surface area contributed by atoms with Gasteiger partial charge in [0, 0.05) is 52.9 Å². The van der Waals surface area contributed by atoms with Crippen molar-refractivity contribution in [1.82, 2.24) is 20.0 Å². The highest BCUT2D eigenvalue weighted by atomic mass is 16.5. The predicted octanol–water partition coefficient (Wildman–Crippen LogP) is 2.19. The average molecular weight is 442 g/mol. The Morgan fingerprint density at radius 1 is 1.16 bits per heavy atom. The summed E-state index contributed by atoms with van der Waals surface area (Å²) in [5.41, 5.74) is 1.40. The van der Waals surface area contributed by atoms with Crippen molar-refractivity contribution in [3.63, 3.8) is 0 Å². The normalized spacial score (nSPS) is 26.6. The quantitative estimate of drug-likeness (QED) is 0.542. The number of piperidine rings is 2. The number of nitrogens with one attached hydrogen (secondary N) is 1. The number of rotatable bonds is 6. The van der Waals surface area contributed by atoms with E-state index in [1.807, 2.05) is 0 Å². The van der Waals surface area contributed by atoms with E-state index in [9.17, 15) is 4.79 Å². The predicted molar refractivity (Wildman–Crippen MR) is 128 cm³/mol. The van der Waals surface area contributed by atoms with E-state index in [1.54, 1.807) is 19.0 Å². The number of aliphatic imine (C=N–C) groups is 1. The van der Waals surface area contributed by atoms with Gasteiger partial charge in [-0.05, 0) is 50.1 Å². The molecular weight excluding hydrogens is 402 g/mol. The minimum atomic E-state index is 0.0306. The van der Waals surface area contributed by atoms with E-state index in [0.29, 0.717) is 12.0 Å². The van der Waals surface area contributed by atoms with Gasteiger partial charge in [-0.3, -0.25) is 9.69 Å². The zero-order valence-corrected chi connectivity index (χ0v) is 19.7. The first-order valence-electron chi connectivity index (χ1n) is 12.2. The van der Waals surface area contributed by atoms with Crippen molar-refractivity contribution in [3.8, 4) is 0 Å². The molecule has 3 atom stereocenters. The maximum atomic E-state index is 12.2. The third-order valence-corrected chi connectivity index (χ3v) is 7.09. The lowest BCUT2D eigenvalue weighted by Crippen LogP contribution is -2.57. The van der Waals surface area contributed by atoms with Crippen LogP contribution < -0.4 is 5.32 Å². The van der Waals surface area contributed by atoms with Crippen LogP contribution >= 0.6 is 0 Å². The van der Waals surface area contributed by atoms with Gasteiger partial charge in [0.1, 0.15) is 6.54 Å². The molecule has 3 saturated heterocycles. The lowest BCUT2D eigenvalue weighted by Gasteiger charge is -2.48. The Morgan fingerprint density at radius 2 is 2.00 bits per heavy atom. The number of nitrogens with zero attached hydrogens (tertiary/aromatic N) is 4. The van der Waals surface area contributed by atoms with Crippen LogP contribution in [0.25, 0.3) is 0 Å². The molecule has 0 aromatic heterocycles. The maximum absolute atomic E-state index is 12.2. The van der Waals surface area contributed by atoms with Gasteiger partial charge in [0.15, 0.2) is 5.96 Å². The van der Waals surface area contributed by atoms with Crippen molar-refractivity contribution in [1.29, 1.82) is 0 Å². The Hall–Kier alpha value is -2.12. The second kappa shape index (κ2) is 11.1. The van der Waals surface area contributed by atoms with Gasteiger partial charge in [0.2, 0.25) is 5.91 Å². The smallest absolute Gasteiger partial charge is 0.243 e. The molecule has 0 radical (unpaired) electrons. The molecule has 4 rings (SSSR count). The van der Waals surface area contributed by atoms with Crippen LogP contribution in [0.1, 0.15) is 37.7 Å². The number of fused-ring (bicyclic) bond motifs is 1. The highest BCUT2D eigenvalue weighted by Crippen LogP contribution is 2.31. The summed E-state index contributed by atoms with van der Waals surface area (Å²) in [5.74, 6) is 1.54. The van der Waals surface area contributed by atoms with Crippen LogP contribution in [0.2, 0.25) is 0 Å². The second-order valence-corrected chi connectivity index (χ2v) is 9.60. The largest absolute Gasteiger partial charge is 0.376 e. The van der Waals surface area contributed by atoms with Crippen molar-refractivity contribution in [2.75, 3.05) is 53.4 Å². The molecular formula is C25H39N5O2. The summed E-state index contributed by atoms with van der Waals surface area (Å²) in [4.78, 5) is 23.6. The minimum Gasteiger partial charge on any atom is -0.376 e. The van der Waals surface area contributed by atoms with Crippen LogP contribution in [0, 0.1) is 5.92 Å². The second-order valence-electron chi connectivity index (χ2n) is 9.60. The Balaban J connectivity index is 1.40. The Bertz CT molecular complexity index is 763. The van der Waals surface area contributed by atoms with E-state index in [1.165, 1.54) is 24.9 Å². The van der Waals surface area contributed by atoms with Crippen LogP contribution in [0.5, 0.6) is 0 Å². The fraction of sp³-hybridized carbons (Fsp3) is 0.680. The van der Waals surface area contributed by atoms with Gasteiger partial charge in [-0.2, -0.15) is 0 Å². The SMILES string of the molecule is CN(C)C(=O)CN=C(NCC1CCCO1)N1CCC2C(CCCN2Cc2ccccc2)C1. The monoisotopic (exact) mass is 441 g/mol. The van der Waals surface area contributed by atoms with Gasteiger partial charge in [0.05, 0.1) is 6.10 Å². The molecule has 1 N–H and O–H groups in total. The third kappa shape index (κ3) is 6.01. The van der Waals surface area contributed by atoms with E-state index < -0.39 is 0 Å². The van der Waals surface area contributed by atoms with E-state index in [-0.39, 0.29) is 18.6 Å². The van der Waals surface area contributed by atoms with Crippen molar-refractivity contribution in [2.45, 2.75) is 50.8 Å². The molecule has 32 heavy (non-hydrogen) atoms. The minimum absolute atomic E-state index is 0.0306. The number of benzene rings is 1. The number of hydrogen-bond acceptors (Lipinski definition) is 4. The summed E-state index contributed by atoms with van der Waals surface area (Å²) in [7, 11) is 3.57. The molecule has 0 aliphatic carbocycles. The number of likely N-dealkylation sites (tertiary alicyclic amines) is 2. The molecule has 0 spiro atoms. The fourth-order valence-electron chi connectivity index (χ4n) is 5.28. The summed E-state index contributed by atoms with van der Waals surface area (Å²) in [6.07, 6.45) is 6.12. The van der Waals surface area contributed by atoms with Crippen molar-refractivity contribution in [2.24, 2.45) is 10.9 Å². The van der Waals surface area contributed by atoms with Crippen LogP contribution in [-0.2, 0) is 16.1 Å². The molecule has 3 aliphatic heterocycles. The highest BCUT2D eigenvalue weighted by Gasteiger charge is 2.37. The van der Waals surface area contributed by atoms with Crippen LogP contribution in [0.4, 0.5) is 0 Å². The average Bonchev–Trinajstić information content (AvgIpc) is 3.33. The van der Waals surface area contributed by atoms with Gasteiger partial charge >= 0.3 is 0 Å². The van der Waals surface area contributed by atoms with Crippen LogP contribution in [0.15, 0.2) is 35.3 Å². The maximum Gasteiger partial charge on any atom is 0.243 e. The van der Waals surface area contributed by atoms with Crippen molar-refractivity contribution >= 4 is 11.9 Å². The standard InChI is InChI=1S/C25H39N5O2/c1-28(2)24(31)17-27-25(26-16-22-11-7-15-32-22)30-14-12-23-21(19-30)10-6-13-29(23)18-20-8-4-3-5-9-20/h3-5,8-9,21-23H,6-7,10-19H2,1-2H3,(H,26,27). The van der Waals surface area contributed by atoms with Crippen molar-refractivity contribution in [3.05, 3.63) is 35.9 Å². The zero-order valence-electron chi connectivity index (χ0n) is 19.7. The molecule has 0 bridgehead atoms. The topological polar surface area (TPSA) is 60.4 Å². The van der Waals surface area contributed by atoms with E-state index >= 15 is 0 Å². The molecule has 0 saturated carbocycles. The molecule has 3 fully saturated rings. The molecule has 1 amide bonds. The first-order valence-corrected chi connectivity index (χ1v) is 12.2. The zero-order chi connectivity index (χ0) is 22.3. The third-order valence-electron chi connectivity index (χ3n) is 7.09. The lowest BCUT2D eigenvalue weighted by atomic mass is 9.83. The molecule has 7 heteroatoms. The van der Waals surface area contributed by atoms with E-state index in [4.69, 9.17) is 9.73 Å². The number of guanidine groups is 1. The summed E-state index contributed by atoms with van der Waals surface area (Å²) in [6.45, 7) is 6.00. The molecule has 1 aromatic carbocycles. The van der Waals surface area contributed by atoms with E-state index in [2.05, 4.69) is 45.4 Å². The summed E-state index contributed by atoms with van der Waals surface area (Å²) in [5, 5.41) is 3.54. The van der Waals surface area contributed by atoms with Gasteiger partial charge in [0.25, 0.3) is 0 Å². The first-order chi connectivity index (χ1) is 15.6. The Morgan fingerprint density at radius 3 is 2.75 bits per heavy atom. The highest BCUT2D eigenvalue weighted by molar-refractivity contribution is 5.85. The number of ether oxygens (including phenoxy) is 1. The molecule has 1 aromatic rings. The molecule has 176 valence electrons. The van der Waals surface area contributed by atoms with Crippen molar-refractivity contribution < 1.29 is 9.53 Å². The summed E-state index contributed by atoms with van der Waals surface area (Å²) in [6, 6.07) is 11.5. The van der Waals surface area contributed by atoms with Crippen LogP contribution in [0.3, 0.4) is 0 Å². The first kappa shape index (κ1) is 23.1. The van der Waals surface area contributed by atoms with Gasteiger partial charge < -0.3 is 19.9 Å². The summed E-state index contributed by atoms with van der Waals surface area (Å²) < 4.78 is 5.79. The number of likely N-dealkylation sites (N-methyl/N-ethyl adjacent to an activating group) is 1. The number of carbonyl (C=O) groups excluding carboxylic acids is 1. The molecule has 3 heterocycles. The lowest BCUT2D eigenvalue weighted by molar-refractivity contribution is -0.127. The van der Waals surface area contributed by atoms with E-state index in [0.717, 1.165) is 58.0 Å². The van der Waals surface area contributed by atoms with Gasteiger partial charge in [-0.1, -0.05) is 30.3 Å². The van der Waals surface area contributed by atoms with Crippen LogP contribution in [-0.4, -0.2) is 92.1 Å². The number of carbonyl (C=O) groups is 1. The van der Waals surface area contributed by atoms with Gasteiger partial charge in [-0.15, -0.1) is 0 Å². The Kier molecular flexibility index (Phi) is 8.03. The number of amides is 1. The number of hydrogen-bond donors (Lipinski definition) is 1. The fourth-order valence-corrected chi connectivity index (χ4v) is 5.28. The van der Waals surface area contributed by atoms with Gasteiger partial charge in [-0.25, -0.2) is 4.99 Å².